The molecule has 104 valence electrons. The topological polar surface area (TPSA) is 20.2 Å². The molecule has 2 aromatic rings. The molecule has 0 fully saturated rings. The van der Waals surface area contributed by atoms with Gasteiger partial charge in [-0.3, -0.25) is 0 Å². The second-order valence-corrected chi connectivity index (χ2v) is 6.06. The molecule has 1 nitrogen and oxygen atoms in total. The highest BCUT2D eigenvalue weighted by molar-refractivity contribution is 6.31. The van der Waals surface area contributed by atoms with Crippen molar-refractivity contribution in [1.82, 2.24) is 0 Å². The van der Waals surface area contributed by atoms with Gasteiger partial charge in [-0.1, -0.05) is 48.0 Å². The molecule has 0 aromatic heterocycles. The molecule has 2 heteroatoms. The number of benzene rings is 2. The fourth-order valence-electron chi connectivity index (χ4n) is 3.14. The van der Waals surface area contributed by atoms with Gasteiger partial charge in [0.05, 0.1) is 6.10 Å². The van der Waals surface area contributed by atoms with E-state index in [1.165, 1.54) is 11.1 Å². The second kappa shape index (κ2) is 5.59. The van der Waals surface area contributed by atoms with Crippen LogP contribution in [0.5, 0.6) is 0 Å². The molecule has 2 aromatic carbocycles. The van der Waals surface area contributed by atoms with E-state index >= 15 is 0 Å². The molecule has 0 saturated carbocycles. The predicted molar refractivity (Wildman–Crippen MR) is 83.3 cm³/mol. The van der Waals surface area contributed by atoms with E-state index in [2.05, 4.69) is 24.3 Å². The average Bonchev–Trinajstić information content (AvgIpc) is 2.49. The van der Waals surface area contributed by atoms with Gasteiger partial charge in [0.25, 0.3) is 0 Å². The molecule has 20 heavy (non-hydrogen) atoms. The van der Waals surface area contributed by atoms with Crippen molar-refractivity contribution in [1.29, 1.82) is 0 Å². The molecule has 1 N–H and O–H groups in total. The highest BCUT2D eigenvalue weighted by Gasteiger charge is 2.27. The van der Waals surface area contributed by atoms with Crippen LogP contribution in [0.3, 0.4) is 0 Å². The van der Waals surface area contributed by atoms with Crippen molar-refractivity contribution >= 4 is 11.6 Å². The van der Waals surface area contributed by atoms with Crippen LogP contribution in [-0.2, 0) is 6.42 Å². The summed E-state index contributed by atoms with van der Waals surface area (Å²) in [4.78, 5) is 0. The summed E-state index contributed by atoms with van der Waals surface area (Å²) in [5.41, 5.74) is 4.64. The highest BCUT2D eigenvalue weighted by atomic mass is 35.5. The first kappa shape index (κ1) is 13.7. The number of aliphatic hydroxyl groups is 1. The Bertz CT molecular complexity index is 621. The van der Waals surface area contributed by atoms with Crippen LogP contribution in [0.25, 0.3) is 0 Å². The lowest BCUT2D eigenvalue weighted by atomic mass is 9.78. The molecule has 0 bridgehead atoms. The minimum atomic E-state index is -0.477. The van der Waals surface area contributed by atoms with Crippen molar-refractivity contribution < 1.29 is 5.11 Å². The maximum absolute atomic E-state index is 10.7. The molecule has 0 aliphatic heterocycles. The Labute approximate surface area is 125 Å². The molecule has 2 atom stereocenters. The van der Waals surface area contributed by atoms with Crippen molar-refractivity contribution in [3.63, 3.8) is 0 Å². The summed E-state index contributed by atoms with van der Waals surface area (Å²) >= 11 is 6.19. The minimum absolute atomic E-state index is 0.179. The normalized spacial score (nSPS) is 19.4. The van der Waals surface area contributed by atoms with E-state index in [9.17, 15) is 5.11 Å². The molecular formula is C18H19ClO. The highest BCUT2D eigenvalue weighted by Crippen LogP contribution is 2.40. The Balaban J connectivity index is 1.95. The Morgan fingerprint density at radius 3 is 2.80 bits per heavy atom. The molecule has 0 radical (unpaired) electrons. The van der Waals surface area contributed by atoms with Gasteiger partial charge in [0, 0.05) is 10.9 Å². The number of hydrogen-bond donors (Lipinski definition) is 1. The lowest BCUT2D eigenvalue weighted by Crippen LogP contribution is -2.17. The van der Waals surface area contributed by atoms with Gasteiger partial charge in [-0.2, -0.15) is 0 Å². The zero-order chi connectivity index (χ0) is 14.1. The van der Waals surface area contributed by atoms with E-state index in [4.69, 9.17) is 11.6 Å². The molecule has 1 aliphatic rings. The van der Waals surface area contributed by atoms with Gasteiger partial charge in [0.2, 0.25) is 0 Å². The number of aliphatic hydroxyl groups excluding tert-OH is 1. The van der Waals surface area contributed by atoms with Crippen molar-refractivity contribution in [2.45, 2.75) is 38.2 Å². The summed E-state index contributed by atoms with van der Waals surface area (Å²) in [5.74, 6) is 0.179. The zero-order valence-electron chi connectivity index (χ0n) is 11.6. The first-order chi connectivity index (χ1) is 9.66. The molecule has 1 aliphatic carbocycles. The van der Waals surface area contributed by atoms with Crippen LogP contribution in [0.2, 0.25) is 5.02 Å². The van der Waals surface area contributed by atoms with Crippen LogP contribution < -0.4 is 0 Å². The predicted octanol–water partition coefficient (Wildman–Crippen LogP) is 4.80. The Morgan fingerprint density at radius 1 is 1.20 bits per heavy atom. The molecular weight excluding hydrogens is 268 g/mol. The molecule has 0 spiro atoms. The van der Waals surface area contributed by atoms with Gasteiger partial charge in [0.1, 0.15) is 0 Å². The van der Waals surface area contributed by atoms with Gasteiger partial charge in [-0.05, 0) is 54.5 Å². The quantitative estimate of drug-likeness (QED) is 0.840. The standard InChI is InChI=1S/C18H19ClO/c1-12-9-10-14(11-17(12)19)18(20)16-8-4-6-13-5-2-3-7-15(13)16/h2-3,5,7,9-11,16,18,20H,4,6,8H2,1H3. The van der Waals surface area contributed by atoms with Crippen molar-refractivity contribution in [3.05, 3.63) is 69.7 Å². The lowest BCUT2D eigenvalue weighted by Gasteiger charge is -2.29. The third-order valence-corrected chi connectivity index (χ3v) is 4.74. The summed E-state index contributed by atoms with van der Waals surface area (Å²) < 4.78 is 0. The minimum Gasteiger partial charge on any atom is -0.388 e. The molecule has 0 saturated heterocycles. The number of hydrogen-bond acceptors (Lipinski definition) is 1. The smallest absolute Gasteiger partial charge is 0.0859 e. The molecule has 3 rings (SSSR count). The largest absolute Gasteiger partial charge is 0.388 e. The SMILES string of the molecule is Cc1ccc(C(O)C2CCCc3ccccc32)cc1Cl. The Morgan fingerprint density at radius 2 is 2.00 bits per heavy atom. The summed E-state index contributed by atoms with van der Waals surface area (Å²) in [6, 6.07) is 14.3. The third-order valence-electron chi connectivity index (χ3n) is 4.33. The van der Waals surface area contributed by atoms with E-state index in [-0.39, 0.29) is 5.92 Å². The van der Waals surface area contributed by atoms with Crippen LogP contribution in [0.4, 0.5) is 0 Å². The maximum atomic E-state index is 10.7. The van der Waals surface area contributed by atoms with Crippen LogP contribution in [0.15, 0.2) is 42.5 Å². The Hall–Kier alpha value is -1.31. The van der Waals surface area contributed by atoms with Gasteiger partial charge in [0.15, 0.2) is 0 Å². The van der Waals surface area contributed by atoms with Crippen molar-refractivity contribution in [3.8, 4) is 0 Å². The number of rotatable bonds is 2. The summed E-state index contributed by atoms with van der Waals surface area (Å²) in [6.45, 7) is 1.98. The lowest BCUT2D eigenvalue weighted by molar-refractivity contribution is 0.136. The molecule has 0 heterocycles. The van der Waals surface area contributed by atoms with Crippen LogP contribution >= 0.6 is 11.6 Å². The van der Waals surface area contributed by atoms with E-state index in [0.29, 0.717) is 0 Å². The van der Waals surface area contributed by atoms with E-state index < -0.39 is 6.10 Å². The summed E-state index contributed by atoms with van der Waals surface area (Å²) in [7, 11) is 0. The number of aryl methyl sites for hydroxylation is 2. The average molecular weight is 287 g/mol. The van der Waals surface area contributed by atoms with E-state index in [1.807, 2.05) is 25.1 Å². The second-order valence-electron chi connectivity index (χ2n) is 5.65. The van der Waals surface area contributed by atoms with Crippen LogP contribution in [0, 0.1) is 6.92 Å². The van der Waals surface area contributed by atoms with Crippen LogP contribution in [-0.4, -0.2) is 5.11 Å². The van der Waals surface area contributed by atoms with E-state index in [0.717, 1.165) is 35.4 Å². The summed E-state index contributed by atoms with van der Waals surface area (Å²) in [6.07, 6.45) is 2.81. The fraction of sp³-hybridized carbons (Fsp3) is 0.333. The van der Waals surface area contributed by atoms with Crippen LogP contribution in [0.1, 0.15) is 47.1 Å². The first-order valence-electron chi connectivity index (χ1n) is 7.19. The third kappa shape index (κ3) is 2.48. The molecule has 2 unspecified atom stereocenters. The molecule has 0 amide bonds. The van der Waals surface area contributed by atoms with Gasteiger partial charge < -0.3 is 5.11 Å². The van der Waals surface area contributed by atoms with Crippen molar-refractivity contribution in [2.24, 2.45) is 0 Å². The van der Waals surface area contributed by atoms with Gasteiger partial charge in [-0.25, -0.2) is 0 Å². The van der Waals surface area contributed by atoms with Crippen molar-refractivity contribution in [2.75, 3.05) is 0 Å². The fourth-order valence-corrected chi connectivity index (χ4v) is 3.33. The first-order valence-corrected chi connectivity index (χ1v) is 7.56. The van der Waals surface area contributed by atoms with Gasteiger partial charge in [-0.15, -0.1) is 0 Å². The number of fused-ring (bicyclic) bond motifs is 1. The van der Waals surface area contributed by atoms with E-state index in [1.54, 1.807) is 0 Å². The number of halogens is 1. The monoisotopic (exact) mass is 286 g/mol. The summed E-state index contributed by atoms with van der Waals surface area (Å²) in [5, 5.41) is 11.5. The zero-order valence-corrected chi connectivity index (χ0v) is 12.4. The Kier molecular flexibility index (Phi) is 3.82. The maximum Gasteiger partial charge on any atom is 0.0859 e. The van der Waals surface area contributed by atoms with Gasteiger partial charge >= 0.3 is 0 Å².